The van der Waals surface area contributed by atoms with Crippen LogP contribution in [0.3, 0.4) is 0 Å². The Morgan fingerprint density at radius 3 is 2.48 bits per heavy atom. The zero-order chi connectivity index (χ0) is 23.5. The van der Waals surface area contributed by atoms with Gasteiger partial charge in [-0.05, 0) is 74.4 Å². The van der Waals surface area contributed by atoms with Crippen molar-refractivity contribution in [3.8, 4) is 0 Å². The highest BCUT2D eigenvalue weighted by molar-refractivity contribution is 6.30. The Balaban J connectivity index is 1.60. The van der Waals surface area contributed by atoms with E-state index in [1.807, 2.05) is 67.8 Å². The highest BCUT2D eigenvalue weighted by Gasteiger charge is 2.21. The lowest BCUT2D eigenvalue weighted by Gasteiger charge is -2.17. The third kappa shape index (κ3) is 4.91. The molecule has 4 aromatic rings. The Morgan fingerprint density at radius 1 is 1.00 bits per heavy atom. The van der Waals surface area contributed by atoms with Crippen molar-refractivity contribution < 1.29 is 9.59 Å². The van der Waals surface area contributed by atoms with Gasteiger partial charge in [0.05, 0.1) is 17.1 Å². The van der Waals surface area contributed by atoms with Crippen LogP contribution in [0.2, 0.25) is 5.02 Å². The van der Waals surface area contributed by atoms with Crippen LogP contribution in [0.1, 0.15) is 40.3 Å². The van der Waals surface area contributed by atoms with E-state index in [1.165, 1.54) is 0 Å². The second kappa shape index (κ2) is 9.46. The summed E-state index contributed by atoms with van der Waals surface area (Å²) >= 11 is 5.93. The molecule has 0 aliphatic rings. The van der Waals surface area contributed by atoms with Crippen LogP contribution in [0.25, 0.3) is 11.0 Å². The molecule has 1 atom stereocenters. The summed E-state index contributed by atoms with van der Waals surface area (Å²) in [7, 11) is 0. The van der Waals surface area contributed by atoms with Crippen molar-refractivity contribution in [3.05, 3.63) is 94.3 Å². The van der Waals surface area contributed by atoms with E-state index in [0.717, 1.165) is 27.8 Å². The number of imidazole rings is 1. The van der Waals surface area contributed by atoms with Gasteiger partial charge in [0.1, 0.15) is 12.4 Å². The summed E-state index contributed by atoms with van der Waals surface area (Å²) in [5, 5.41) is 6.55. The van der Waals surface area contributed by atoms with Crippen LogP contribution in [0, 0.1) is 13.8 Å². The number of fused-ring (bicyclic) bond motifs is 1. The highest BCUT2D eigenvalue weighted by Crippen LogP contribution is 2.23. The van der Waals surface area contributed by atoms with Crippen LogP contribution in [-0.4, -0.2) is 21.4 Å². The average molecular weight is 461 g/mol. The number of hydrogen-bond acceptors (Lipinski definition) is 3. The third-order valence-electron chi connectivity index (χ3n) is 5.71. The summed E-state index contributed by atoms with van der Waals surface area (Å²) in [6.45, 7) is 5.92. The molecule has 0 radical (unpaired) electrons. The van der Waals surface area contributed by atoms with Crippen LogP contribution in [0.4, 0.5) is 5.69 Å². The molecule has 0 saturated heterocycles. The molecule has 6 nitrogen and oxygen atoms in total. The molecule has 2 amide bonds. The van der Waals surface area contributed by atoms with Gasteiger partial charge in [-0.15, -0.1) is 0 Å². The van der Waals surface area contributed by atoms with Gasteiger partial charge >= 0.3 is 0 Å². The summed E-state index contributed by atoms with van der Waals surface area (Å²) in [5.74, 6) is 0.205. The highest BCUT2D eigenvalue weighted by atomic mass is 35.5. The molecule has 33 heavy (non-hydrogen) atoms. The van der Waals surface area contributed by atoms with E-state index in [4.69, 9.17) is 16.6 Å². The number of benzene rings is 3. The number of hydrogen-bond donors (Lipinski definition) is 2. The minimum atomic E-state index is -0.422. The fourth-order valence-corrected chi connectivity index (χ4v) is 3.88. The second-order valence-corrected chi connectivity index (χ2v) is 8.48. The van der Waals surface area contributed by atoms with Gasteiger partial charge in [0.25, 0.3) is 5.91 Å². The molecule has 3 aromatic carbocycles. The number of halogens is 1. The molecule has 0 aliphatic heterocycles. The van der Waals surface area contributed by atoms with E-state index in [1.54, 1.807) is 24.3 Å². The number of amides is 2. The Labute approximate surface area is 197 Å². The SMILES string of the molecule is Cc1cccc(NC(=O)Cn2c(C(C)NC(=O)c3ccc(Cl)cc3)nc3ccccc32)c1C. The first-order valence-electron chi connectivity index (χ1n) is 10.7. The summed E-state index contributed by atoms with van der Waals surface area (Å²) in [5.41, 5.74) is 5.03. The molecule has 2 N–H and O–H groups in total. The van der Waals surface area contributed by atoms with Crippen molar-refractivity contribution in [1.82, 2.24) is 14.9 Å². The van der Waals surface area contributed by atoms with Crippen LogP contribution in [-0.2, 0) is 11.3 Å². The molecule has 1 unspecified atom stereocenters. The van der Waals surface area contributed by atoms with Gasteiger partial charge in [0.2, 0.25) is 5.91 Å². The first-order valence-corrected chi connectivity index (χ1v) is 11.1. The maximum atomic E-state index is 13.0. The molecule has 0 fully saturated rings. The quantitative estimate of drug-likeness (QED) is 0.402. The number of carbonyl (C=O) groups is 2. The molecule has 0 saturated carbocycles. The number of carbonyl (C=O) groups excluding carboxylic acids is 2. The van der Waals surface area contributed by atoms with Crippen molar-refractivity contribution in [2.24, 2.45) is 0 Å². The molecule has 7 heteroatoms. The molecular weight excluding hydrogens is 436 g/mol. The Hall–Kier alpha value is -3.64. The minimum Gasteiger partial charge on any atom is -0.342 e. The van der Waals surface area contributed by atoms with E-state index in [0.29, 0.717) is 16.4 Å². The number of para-hydroxylation sites is 2. The van der Waals surface area contributed by atoms with Crippen LogP contribution >= 0.6 is 11.6 Å². The summed E-state index contributed by atoms with van der Waals surface area (Å²) in [4.78, 5) is 30.4. The smallest absolute Gasteiger partial charge is 0.251 e. The minimum absolute atomic E-state index is 0.0738. The number of nitrogens with one attached hydrogen (secondary N) is 2. The van der Waals surface area contributed by atoms with Gasteiger partial charge in [-0.25, -0.2) is 4.98 Å². The fraction of sp³-hybridized carbons (Fsp3) is 0.192. The molecule has 168 valence electrons. The Morgan fingerprint density at radius 2 is 1.73 bits per heavy atom. The van der Waals surface area contributed by atoms with Crippen LogP contribution in [0.5, 0.6) is 0 Å². The van der Waals surface area contributed by atoms with Crippen molar-refractivity contribution in [1.29, 1.82) is 0 Å². The van der Waals surface area contributed by atoms with Gasteiger partial charge in [0, 0.05) is 16.3 Å². The normalized spacial score (nSPS) is 11.9. The summed E-state index contributed by atoms with van der Waals surface area (Å²) in [6.07, 6.45) is 0. The first-order chi connectivity index (χ1) is 15.8. The molecule has 1 heterocycles. The van der Waals surface area contributed by atoms with E-state index >= 15 is 0 Å². The van der Waals surface area contributed by atoms with Crippen molar-refractivity contribution in [3.63, 3.8) is 0 Å². The summed E-state index contributed by atoms with van der Waals surface area (Å²) < 4.78 is 1.85. The maximum Gasteiger partial charge on any atom is 0.251 e. The van der Waals surface area contributed by atoms with Crippen LogP contribution < -0.4 is 10.6 Å². The molecular formula is C26H25ClN4O2. The largest absolute Gasteiger partial charge is 0.342 e. The number of nitrogens with zero attached hydrogens (tertiary/aromatic N) is 2. The monoisotopic (exact) mass is 460 g/mol. The molecule has 0 aliphatic carbocycles. The molecule has 1 aromatic heterocycles. The lowest BCUT2D eigenvalue weighted by molar-refractivity contribution is -0.116. The molecule has 4 rings (SSSR count). The zero-order valence-corrected chi connectivity index (χ0v) is 19.5. The van der Waals surface area contributed by atoms with Gasteiger partial charge in [-0.1, -0.05) is 35.9 Å². The van der Waals surface area contributed by atoms with Crippen molar-refractivity contribution in [2.45, 2.75) is 33.4 Å². The topological polar surface area (TPSA) is 76.0 Å². The van der Waals surface area contributed by atoms with E-state index < -0.39 is 6.04 Å². The van der Waals surface area contributed by atoms with Crippen LogP contribution in [0.15, 0.2) is 66.7 Å². The zero-order valence-electron chi connectivity index (χ0n) is 18.7. The van der Waals surface area contributed by atoms with E-state index in [9.17, 15) is 9.59 Å². The standard InChI is InChI=1S/C26H25ClN4O2/c1-16-7-6-9-21(17(16)2)29-24(32)15-31-23-10-5-4-8-22(23)30-25(31)18(3)28-26(33)19-11-13-20(27)14-12-19/h4-14,18H,15H2,1-3H3,(H,28,33)(H,29,32). The van der Waals surface area contributed by atoms with Crippen molar-refractivity contribution in [2.75, 3.05) is 5.32 Å². The van der Waals surface area contributed by atoms with Gasteiger partial charge in [0.15, 0.2) is 0 Å². The number of aromatic nitrogens is 2. The lowest BCUT2D eigenvalue weighted by atomic mass is 10.1. The predicted octanol–water partition coefficient (Wildman–Crippen LogP) is 5.44. The summed E-state index contributed by atoms with van der Waals surface area (Å²) in [6, 6.07) is 19.7. The lowest BCUT2D eigenvalue weighted by Crippen LogP contribution is -2.30. The van der Waals surface area contributed by atoms with Gasteiger partial charge < -0.3 is 15.2 Å². The second-order valence-electron chi connectivity index (χ2n) is 8.04. The predicted molar refractivity (Wildman–Crippen MR) is 132 cm³/mol. The van der Waals surface area contributed by atoms with E-state index in [-0.39, 0.29) is 18.4 Å². The van der Waals surface area contributed by atoms with Crippen molar-refractivity contribution >= 4 is 40.1 Å². The Kier molecular flexibility index (Phi) is 6.47. The molecule has 0 bridgehead atoms. The third-order valence-corrected chi connectivity index (χ3v) is 5.96. The average Bonchev–Trinajstić information content (AvgIpc) is 3.16. The number of anilines is 1. The maximum absolute atomic E-state index is 13.0. The van der Waals surface area contributed by atoms with Gasteiger partial charge in [-0.2, -0.15) is 0 Å². The number of rotatable bonds is 6. The fourth-order valence-electron chi connectivity index (χ4n) is 3.76. The molecule has 0 spiro atoms. The Bertz CT molecular complexity index is 1330. The first kappa shape index (κ1) is 22.6. The number of aryl methyl sites for hydroxylation is 1. The van der Waals surface area contributed by atoms with Gasteiger partial charge in [-0.3, -0.25) is 9.59 Å². The van der Waals surface area contributed by atoms with E-state index in [2.05, 4.69) is 10.6 Å².